The molecule has 0 aromatic heterocycles. The molecule has 0 fully saturated rings. The van der Waals surface area contributed by atoms with Gasteiger partial charge in [-0.3, -0.25) is 4.79 Å². The Morgan fingerprint density at radius 3 is 2.48 bits per heavy atom. The van der Waals surface area contributed by atoms with Crippen molar-refractivity contribution in [3.05, 3.63) is 46.1 Å². The standard InChI is InChI=1S/C22H33ClN2O3Si/c1-15(2)18-14-25(11-9-20(26)27)21(28)24-22(18,3)17-8-7-16(19(23)13-17)10-12-29(4,5)6/h7-8,13-15H,9-12H2,1-6H3,(H,24,28)(H,26,27)/t22-/m0/s1. The second-order valence-corrected chi connectivity index (χ2v) is 15.5. The first-order valence-electron chi connectivity index (χ1n) is 10.1. The van der Waals surface area contributed by atoms with Crippen molar-refractivity contribution in [3.63, 3.8) is 0 Å². The first-order chi connectivity index (χ1) is 13.3. The molecule has 0 radical (unpaired) electrons. The third-order valence-electron chi connectivity index (χ3n) is 5.45. The minimum absolute atomic E-state index is 0.0936. The maximum atomic E-state index is 12.7. The number of aliphatic carboxylic acids is 1. The number of urea groups is 1. The molecule has 1 aromatic rings. The van der Waals surface area contributed by atoms with Gasteiger partial charge in [0.2, 0.25) is 0 Å². The molecule has 1 heterocycles. The van der Waals surface area contributed by atoms with Gasteiger partial charge < -0.3 is 15.3 Å². The number of carbonyl (C=O) groups is 2. The van der Waals surface area contributed by atoms with Gasteiger partial charge in [-0.25, -0.2) is 4.79 Å². The topological polar surface area (TPSA) is 69.6 Å². The van der Waals surface area contributed by atoms with Crippen LogP contribution in [0, 0.1) is 5.92 Å². The van der Waals surface area contributed by atoms with Gasteiger partial charge in [-0.2, -0.15) is 0 Å². The molecule has 1 atom stereocenters. The molecule has 0 bridgehead atoms. The third-order valence-corrected chi connectivity index (χ3v) is 7.56. The number of carboxylic acid groups (broad SMARTS) is 1. The SMILES string of the molecule is CC(C)C1=CN(CCC(=O)O)C(=O)N[C@@]1(C)c1ccc(CC[Si](C)(C)C)c(Cl)c1. The van der Waals surface area contributed by atoms with E-state index in [1.165, 1.54) is 10.9 Å². The number of carboxylic acids is 1. The number of rotatable bonds is 8. The number of hydrogen-bond donors (Lipinski definition) is 2. The number of halogens is 1. The first kappa shape index (κ1) is 23.5. The van der Waals surface area contributed by atoms with Crippen molar-refractivity contribution in [2.75, 3.05) is 6.54 Å². The highest BCUT2D eigenvalue weighted by Crippen LogP contribution is 2.38. The van der Waals surface area contributed by atoms with Crippen LogP contribution in [0.3, 0.4) is 0 Å². The van der Waals surface area contributed by atoms with E-state index in [9.17, 15) is 9.59 Å². The fourth-order valence-electron chi connectivity index (χ4n) is 3.63. The van der Waals surface area contributed by atoms with Gasteiger partial charge >= 0.3 is 12.0 Å². The van der Waals surface area contributed by atoms with Gasteiger partial charge in [0.1, 0.15) is 0 Å². The highest BCUT2D eigenvalue weighted by Gasteiger charge is 2.39. The third kappa shape index (κ3) is 5.86. The van der Waals surface area contributed by atoms with Crippen molar-refractivity contribution in [2.24, 2.45) is 5.92 Å². The Bertz CT molecular complexity index is 817. The lowest BCUT2D eigenvalue weighted by atomic mass is 9.78. The van der Waals surface area contributed by atoms with Gasteiger partial charge in [0.25, 0.3) is 0 Å². The van der Waals surface area contributed by atoms with E-state index in [-0.39, 0.29) is 24.9 Å². The quantitative estimate of drug-likeness (QED) is 0.530. The van der Waals surface area contributed by atoms with Crippen molar-refractivity contribution in [2.45, 2.75) is 64.8 Å². The van der Waals surface area contributed by atoms with Gasteiger partial charge in [0, 0.05) is 25.8 Å². The molecule has 0 spiro atoms. The summed E-state index contributed by atoms with van der Waals surface area (Å²) in [6.07, 6.45) is 2.68. The minimum atomic E-state index is -1.15. The van der Waals surface area contributed by atoms with Crippen LogP contribution < -0.4 is 5.32 Å². The molecule has 1 aliphatic rings. The normalized spacial score (nSPS) is 19.9. The molecule has 0 saturated heterocycles. The van der Waals surface area contributed by atoms with Crippen LogP contribution in [-0.2, 0) is 16.8 Å². The maximum absolute atomic E-state index is 12.7. The molecular weight excluding hydrogens is 404 g/mol. The molecule has 0 saturated carbocycles. The van der Waals surface area contributed by atoms with E-state index in [1.807, 2.05) is 13.0 Å². The lowest BCUT2D eigenvalue weighted by Crippen LogP contribution is -2.55. The zero-order valence-electron chi connectivity index (χ0n) is 18.3. The molecule has 5 nitrogen and oxygen atoms in total. The van der Waals surface area contributed by atoms with E-state index in [2.05, 4.69) is 50.9 Å². The van der Waals surface area contributed by atoms with Crippen LogP contribution in [-0.4, -0.2) is 36.6 Å². The van der Waals surface area contributed by atoms with E-state index in [4.69, 9.17) is 16.7 Å². The highest BCUT2D eigenvalue weighted by atomic mass is 35.5. The van der Waals surface area contributed by atoms with Crippen LogP contribution >= 0.6 is 11.6 Å². The largest absolute Gasteiger partial charge is 0.481 e. The number of aryl methyl sites for hydroxylation is 1. The number of nitrogens with zero attached hydrogens (tertiary/aromatic N) is 1. The summed E-state index contributed by atoms with van der Waals surface area (Å²) in [4.78, 5) is 25.0. The van der Waals surface area contributed by atoms with Gasteiger partial charge in [-0.05, 0) is 42.0 Å². The summed E-state index contributed by atoms with van der Waals surface area (Å²) in [5.41, 5.74) is 2.41. The molecular formula is C22H33ClN2O3Si. The summed E-state index contributed by atoms with van der Waals surface area (Å²) in [6.45, 7) is 13.3. The summed E-state index contributed by atoms with van der Waals surface area (Å²) in [6, 6.07) is 6.97. The minimum Gasteiger partial charge on any atom is -0.481 e. The van der Waals surface area contributed by atoms with Crippen molar-refractivity contribution in [1.82, 2.24) is 10.2 Å². The molecule has 7 heteroatoms. The number of nitrogens with one attached hydrogen (secondary N) is 1. The number of hydrogen-bond acceptors (Lipinski definition) is 2. The van der Waals surface area contributed by atoms with Crippen LogP contribution in [0.4, 0.5) is 4.79 Å². The Labute approximate surface area is 180 Å². The Kier molecular flexibility index (Phi) is 7.22. The Morgan fingerprint density at radius 2 is 1.97 bits per heavy atom. The van der Waals surface area contributed by atoms with Crippen LogP contribution in [0.2, 0.25) is 30.7 Å². The average molecular weight is 437 g/mol. The second kappa shape index (κ2) is 8.92. The summed E-state index contributed by atoms with van der Waals surface area (Å²) >= 11 is 6.62. The number of carbonyl (C=O) groups excluding carboxylic acids is 1. The summed E-state index contributed by atoms with van der Waals surface area (Å²) < 4.78 is 0. The predicted molar refractivity (Wildman–Crippen MR) is 121 cm³/mol. The molecule has 1 aliphatic heterocycles. The van der Waals surface area contributed by atoms with Gasteiger partial charge in [0.05, 0.1) is 12.0 Å². The first-order valence-corrected chi connectivity index (χ1v) is 14.2. The zero-order chi connectivity index (χ0) is 22.0. The van der Waals surface area contributed by atoms with Gasteiger partial charge in [0.15, 0.2) is 0 Å². The summed E-state index contributed by atoms with van der Waals surface area (Å²) in [5, 5.41) is 12.8. The number of benzene rings is 1. The molecule has 0 unspecified atom stereocenters. The van der Waals surface area contributed by atoms with Crippen molar-refractivity contribution >= 4 is 31.7 Å². The van der Waals surface area contributed by atoms with E-state index in [0.717, 1.165) is 28.1 Å². The fraction of sp³-hybridized carbons (Fsp3) is 0.545. The Morgan fingerprint density at radius 1 is 1.31 bits per heavy atom. The van der Waals surface area contributed by atoms with Crippen molar-refractivity contribution < 1.29 is 14.7 Å². The molecule has 29 heavy (non-hydrogen) atoms. The monoisotopic (exact) mass is 436 g/mol. The number of amides is 2. The molecule has 2 N–H and O–H groups in total. The van der Waals surface area contributed by atoms with E-state index in [0.29, 0.717) is 0 Å². The molecule has 0 aliphatic carbocycles. The fourth-order valence-corrected chi connectivity index (χ4v) is 4.93. The van der Waals surface area contributed by atoms with E-state index >= 15 is 0 Å². The van der Waals surface area contributed by atoms with Gasteiger partial charge in [-0.15, -0.1) is 0 Å². The van der Waals surface area contributed by atoms with Gasteiger partial charge in [-0.1, -0.05) is 63.3 Å². The van der Waals surface area contributed by atoms with E-state index in [1.54, 1.807) is 6.20 Å². The molecule has 160 valence electrons. The molecule has 2 rings (SSSR count). The lowest BCUT2D eigenvalue weighted by molar-refractivity contribution is -0.137. The van der Waals surface area contributed by atoms with Crippen LogP contribution in [0.1, 0.15) is 38.3 Å². The second-order valence-electron chi connectivity index (χ2n) is 9.50. The maximum Gasteiger partial charge on any atom is 0.322 e. The summed E-state index contributed by atoms with van der Waals surface area (Å²) in [5.74, 6) is -0.760. The van der Waals surface area contributed by atoms with Crippen molar-refractivity contribution in [3.8, 4) is 0 Å². The lowest BCUT2D eigenvalue weighted by Gasteiger charge is -2.42. The van der Waals surface area contributed by atoms with Crippen molar-refractivity contribution in [1.29, 1.82) is 0 Å². The highest BCUT2D eigenvalue weighted by molar-refractivity contribution is 6.76. The zero-order valence-corrected chi connectivity index (χ0v) is 20.1. The molecule has 2 amide bonds. The van der Waals surface area contributed by atoms with Crippen LogP contribution in [0.25, 0.3) is 0 Å². The smallest absolute Gasteiger partial charge is 0.322 e. The van der Waals surface area contributed by atoms with Crippen LogP contribution in [0.15, 0.2) is 30.0 Å². The Balaban J connectivity index is 2.36. The summed E-state index contributed by atoms with van der Waals surface area (Å²) in [7, 11) is -1.15. The van der Waals surface area contributed by atoms with E-state index < -0.39 is 19.6 Å². The average Bonchev–Trinajstić information content (AvgIpc) is 2.58. The Hall–Kier alpha value is -1.79. The molecule has 1 aromatic carbocycles. The van der Waals surface area contributed by atoms with Crippen LogP contribution in [0.5, 0.6) is 0 Å². The predicted octanol–water partition coefficient (Wildman–Crippen LogP) is 5.48.